The van der Waals surface area contributed by atoms with Gasteiger partial charge in [0, 0.05) is 67.1 Å². The Hall–Kier alpha value is -1.69. The van der Waals surface area contributed by atoms with Gasteiger partial charge in [0.25, 0.3) is 0 Å². The van der Waals surface area contributed by atoms with Crippen LogP contribution in [-0.2, 0) is 6.42 Å². The number of benzene rings is 1. The minimum absolute atomic E-state index is 0.310. The van der Waals surface area contributed by atoms with E-state index in [4.69, 9.17) is 11.5 Å². The lowest BCUT2D eigenvalue weighted by Crippen LogP contribution is -2.55. The normalized spacial score (nSPS) is 21.6. The summed E-state index contributed by atoms with van der Waals surface area (Å²) in [6, 6.07) is 7.46. The van der Waals surface area contributed by atoms with Crippen LogP contribution in [0.25, 0.3) is 10.8 Å². The summed E-state index contributed by atoms with van der Waals surface area (Å²) in [5, 5.41) is 2.65. The van der Waals surface area contributed by atoms with Crippen LogP contribution in [0.1, 0.15) is 18.4 Å². The van der Waals surface area contributed by atoms with Gasteiger partial charge in [-0.05, 0) is 37.4 Å². The highest BCUT2D eigenvalue weighted by Gasteiger charge is 2.31. The molecule has 4 N–H and O–H groups in total. The molecule has 1 aromatic carbocycles. The fraction of sp³-hybridized carbons (Fsp3) is 0.526. The van der Waals surface area contributed by atoms with E-state index < -0.39 is 0 Å². The number of nitrogens with two attached hydrogens (primary N) is 2. The molecule has 24 heavy (non-hydrogen) atoms. The summed E-state index contributed by atoms with van der Waals surface area (Å²) < 4.78 is 0. The number of piperidine rings is 1. The van der Waals surface area contributed by atoms with Gasteiger partial charge in [0.15, 0.2) is 0 Å². The molecule has 1 atom stereocenters. The molecule has 0 bridgehead atoms. The van der Waals surface area contributed by atoms with Crippen molar-refractivity contribution < 1.29 is 0 Å². The maximum absolute atomic E-state index is 5.92. The van der Waals surface area contributed by atoms with Crippen molar-refractivity contribution in [1.29, 1.82) is 0 Å². The number of nitrogens with zero attached hydrogens (tertiary/aromatic N) is 3. The zero-order chi connectivity index (χ0) is 16.5. The monoisotopic (exact) mass is 325 g/mol. The molecule has 2 aromatic rings. The van der Waals surface area contributed by atoms with Crippen molar-refractivity contribution in [1.82, 2.24) is 9.88 Å². The first-order valence-corrected chi connectivity index (χ1v) is 9.08. The predicted molar refractivity (Wildman–Crippen MR) is 99.3 cm³/mol. The molecular formula is C19H27N5. The third-order valence-electron chi connectivity index (χ3n) is 5.70. The van der Waals surface area contributed by atoms with E-state index in [2.05, 4.69) is 33.0 Å². The van der Waals surface area contributed by atoms with Crippen LogP contribution in [0.3, 0.4) is 0 Å². The van der Waals surface area contributed by atoms with Gasteiger partial charge < -0.3 is 16.4 Å². The predicted octanol–water partition coefficient (Wildman–Crippen LogP) is 1.35. The molecular weight excluding hydrogens is 298 g/mol. The van der Waals surface area contributed by atoms with Gasteiger partial charge in [-0.3, -0.25) is 9.88 Å². The van der Waals surface area contributed by atoms with Crippen molar-refractivity contribution in [3.05, 3.63) is 36.2 Å². The van der Waals surface area contributed by atoms with Gasteiger partial charge in [0.1, 0.15) is 0 Å². The molecule has 0 saturated carbocycles. The van der Waals surface area contributed by atoms with Crippen LogP contribution in [0.15, 0.2) is 30.6 Å². The number of pyridine rings is 1. The fourth-order valence-corrected chi connectivity index (χ4v) is 4.42. The molecule has 2 aliphatic heterocycles. The molecule has 1 fully saturated rings. The van der Waals surface area contributed by atoms with Crippen LogP contribution in [0.5, 0.6) is 0 Å². The van der Waals surface area contributed by atoms with Crippen LogP contribution in [0.4, 0.5) is 5.69 Å². The summed E-state index contributed by atoms with van der Waals surface area (Å²) >= 11 is 0. The average Bonchev–Trinajstić information content (AvgIpc) is 2.64. The molecule has 0 radical (unpaired) electrons. The van der Waals surface area contributed by atoms with Crippen molar-refractivity contribution in [2.24, 2.45) is 11.5 Å². The summed E-state index contributed by atoms with van der Waals surface area (Å²) in [5.74, 6) is 0. The van der Waals surface area contributed by atoms with Gasteiger partial charge in [-0.1, -0.05) is 12.1 Å². The van der Waals surface area contributed by atoms with Crippen LogP contribution in [-0.4, -0.2) is 54.7 Å². The Balaban J connectivity index is 1.64. The maximum Gasteiger partial charge on any atom is 0.0452 e. The Morgan fingerprint density at radius 2 is 2.04 bits per heavy atom. The number of likely N-dealkylation sites (tertiary alicyclic amines) is 1. The Labute approximate surface area is 143 Å². The molecule has 2 aliphatic rings. The minimum atomic E-state index is 0.310. The van der Waals surface area contributed by atoms with Gasteiger partial charge in [0.2, 0.25) is 0 Å². The third kappa shape index (κ3) is 2.66. The summed E-state index contributed by atoms with van der Waals surface area (Å²) in [7, 11) is 0. The number of rotatable bonds is 4. The molecule has 0 aliphatic carbocycles. The number of anilines is 1. The molecule has 1 aromatic heterocycles. The lowest BCUT2D eigenvalue weighted by atomic mass is 9.94. The SMILES string of the molecule is NCC(CN)N1CCCC(N2CCc3cncc4cccc2c34)C1. The van der Waals surface area contributed by atoms with E-state index in [1.807, 2.05) is 12.4 Å². The van der Waals surface area contributed by atoms with Crippen molar-refractivity contribution in [3.8, 4) is 0 Å². The Morgan fingerprint density at radius 1 is 1.17 bits per heavy atom. The summed E-state index contributed by atoms with van der Waals surface area (Å²) in [6.45, 7) is 4.55. The van der Waals surface area contributed by atoms with Crippen molar-refractivity contribution >= 4 is 16.5 Å². The average molecular weight is 325 g/mol. The zero-order valence-electron chi connectivity index (χ0n) is 14.2. The van der Waals surface area contributed by atoms with E-state index in [0.717, 1.165) is 26.1 Å². The van der Waals surface area contributed by atoms with Crippen LogP contribution in [0, 0.1) is 0 Å². The van der Waals surface area contributed by atoms with Gasteiger partial charge in [-0.15, -0.1) is 0 Å². The second-order valence-electron chi connectivity index (χ2n) is 7.03. The zero-order valence-corrected chi connectivity index (χ0v) is 14.2. The molecule has 128 valence electrons. The van der Waals surface area contributed by atoms with Crippen LogP contribution < -0.4 is 16.4 Å². The van der Waals surface area contributed by atoms with Crippen LogP contribution >= 0.6 is 0 Å². The van der Waals surface area contributed by atoms with E-state index >= 15 is 0 Å². The third-order valence-corrected chi connectivity index (χ3v) is 5.70. The molecule has 0 spiro atoms. The summed E-state index contributed by atoms with van der Waals surface area (Å²) in [5.41, 5.74) is 14.6. The highest BCUT2D eigenvalue weighted by molar-refractivity contribution is 5.97. The minimum Gasteiger partial charge on any atom is -0.366 e. The highest BCUT2D eigenvalue weighted by Crippen LogP contribution is 2.36. The lowest BCUT2D eigenvalue weighted by molar-refractivity contribution is 0.152. The topological polar surface area (TPSA) is 71.4 Å². The first-order valence-electron chi connectivity index (χ1n) is 9.08. The molecule has 1 saturated heterocycles. The molecule has 5 heteroatoms. The van der Waals surface area contributed by atoms with Crippen molar-refractivity contribution in [3.63, 3.8) is 0 Å². The first kappa shape index (κ1) is 15.8. The summed E-state index contributed by atoms with van der Waals surface area (Å²) in [6.07, 6.45) is 7.56. The molecule has 3 heterocycles. The molecule has 4 rings (SSSR count). The van der Waals surface area contributed by atoms with Gasteiger partial charge in [-0.2, -0.15) is 0 Å². The largest absolute Gasteiger partial charge is 0.366 e. The molecule has 5 nitrogen and oxygen atoms in total. The van der Waals surface area contributed by atoms with E-state index in [1.54, 1.807) is 0 Å². The maximum atomic E-state index is 5.92. The van der Waals surface area contributed by atoms with Crippen LogP contribution in [0.2, 0.25) is 0 Å². The fourth-order valence-electron chi connectivity index (χ4n) is 4.42. The van der Waals surface area contributed by atoms with E-state index in [0.29, 0.717) is 25.2 Å². The molecule has 1 unspecified atom stereocenters. The number of hydrogen-bond acceptors (Lipinski definition) is 5. The first-order chi connectivity index (χ1) is 11.8. The lowest BCUT2D eigenvalue weighted by Gasteiger charge is -2.44. The van der Waals surface area contributed by atoms with Crippen molar-refractivity contribution in [2.45, 2.75) is 31.3 Å². The standard InChI is InChI=1S/C19H27N5/c20-9-17(10-21)23-7-2-4-16(13-23)24-8-6-15-12-22-11-14-3-1-5-18(24)19(14)15/h1,3,5,11-12,16-17H,2,4,6-10,13,20-21H2. The van der Waals surface area contributed by atoms with Gasteiger partial charge in [-0.25, -0.2) is 0 Å². The van der Waals surface area contributed by atoms with E-state index in [-0.39, 0.29) is 0 Å². The van der Waals surface area contributed by atoms with E-state index in [1.165, 1.54) is 34.9 Å². The Morgan fingerprint density at radius 3 is 2.88 bits per heavy atom. The highest BCUT2D eigenvalue weighted by atomic mass is 15.3. The Kier molecular flexibility index (Phi) is 4.39. The number of aromatic nitrogens is 1. The Bertz CT molecular complexity index is 707. The summed E-state index contributed by atoms with van der Waals surface area (Å²) in [4.78, 5) is 9.51. The van der Waals surface area contributed by atoms with Gasteiger partial charge >= 0.3 is 0 Å². The quantitative estimate of drug-likeness (QED) is 0.888. The second-order valence-corrected chi connectivity index (χ2v) is 7.03. The molecule has 0 amide bonds. The second kappa shape index (κ2) is 6.67. The smallest absolute Gasteiger partial charge is 0.0452 e. The van der Waals surface area contributed by atoms with Crippen molar-refractivity contribution in [2.75, 3.05) is 37.6 Å². The number of hydrogen-bond donors (Lipinski definition) is 2. The van der Waals surface area contributed by atoms with Gasteiger partial charge in [0.05, 0.1) is 0 Å². The van der Waals surface area contributed by atoms with E-state index in [9.17, 15) is 0 Å².